The van der Waals surface area contributed by atoms with Gasteiger partial charge < -0.3 is 4.74 Å². The van der Waals surface area contributed by atoms with Crippen LogP contribution < -0.4 is 4.74 Å². The van der Waals surface area contributed by atoms with Crippen molar-refractivity contribution < 1.29 is 9.53 Å². The number of rotatable bonds is 5. The molecule has 3 rings (SSSR count). The van der Waals surface area contributed by atoms with Crippen LogP contribution in [0.3, 0.4) is 0 Å². The van der Waals surface area contributed by atoms with Crippen LogP contribution >= 0.6 is 0 Å². The Morgan fingerprint density at radius 3 is 2.57 bits per heavy atom. The fourth-order valence-corrected chi connectivity index (χ4v) is 3.95. The molecule has 1 saturated heterocycles. The third-order valence-electron chi connectivity index (χ3n) is 4.97. The number of nitrogens with zero attached hydrogens (tertiary/aromatic N) is 1. The van der Waals surface area contributed by atoms with Gasteiger partial charge in [-0.3, -0.25) is 9.69 Å². The molecule has 1 heterocycles. The van der Waals surface area contributed by atoms with Crippen molar-refractivity contribution in [3.63, 3.8) is 0 Å². The lowest BCUT2D eigenvalue weighted by molar-refractivity contribution is 0.0626. The average Bonchev–Trinajstić information content (AvgIpc) is 3.19. The summed E-state index contributed by atoms with van der Waals surface area (Å²) in [4.78, 5) is 15.7. The first-order valence-electron chi connectivity index (χ1n) is 8.29. The highest BCUT2D eigenvalue weighted by Gasteiger charge is 2.46. The average molecular weight is 287 g/mol. The normalized spacial score (nSPS) is 21.6. The monoisotopic (exact) mass is 287 g/mol. The molecular formula is C18H25NO2. The van der Waals surface area contributed by atoms with Crippen molar-refractivity contribution in [2.24, 2.45) is 0 Å². The molecule has 0 bridgehead atoms. The molecule has 1 saturated carbocycles. The molecule has 0 amide bonds. The zero-order valence-electron chi connectivity index (χ0n) is 12.9. The number of carbonyl (C=O) groups excluding carboxylic acids is 1. The van der Waals surface area contributed by atoms with Crippen LogP contribution in [0.25, 0.3) is 0 Å². The molecule has 2 fully saturated rings. The highest BCUT2D eigenvalue weighted by atomic mass is 16.5. The fourth-order valence-electron chi connectivity index (χ4n) is 3.95. The fraction of sp³-hybridized carbons (Fsp3) is 0.611. The van der Waals surface area contributed by atoms with Gasteiger partial charge in [0.25, 0.3) is 0 Å². The minimum atomic E-state index is -0.235. The van der Waals surface area contributed by atoms with Crippen molar-refractivity contribution in [3.05, 3.63) is 29.8 Å². The van der Waals surface area contributed by atoms with Crippen LogP contribution in [0.1, 0.15) is 55.8 Å². The van der Waals surface area contributed by atoms with Crippen molar-refractivity contribution in [2.45, 2.75) is 51.0 Å². The second-order valence-electron chi connectivity index (χ2n) is 6.22. The molecule has 0 spiro atoms. The molecule has 0 unspecified atom stereocenters. The molecule has 1 aliphatic carbocycles. The molecule has 0 atom stereocenters. The molecule has 0 aromatic heterocycles. The largest absolute Gasteiger partial charge is 0.494 e. The van der Waals surface area contributed by atoms with Gasteiger partial charge >= 0.3 is 0 Å². The quantitative estimate of drug-likeness (QED) is 0.774. The minimum absolute atomic E-state index is 0.235. The molecule has 3 nitrogen and oxygen atoms in total. The maximum absolute atomic E-state index is 13.2. The lowest BCUT2D eigenvalue weighted by Gasteiger charge is -2.37. The first-order chi connectivity index (χ1) is 10.3. The molecule has 2 aliphatic rings. The molecule has 3 heteroatoms. The van der Waals surface area contributed by atoms with E-state index in [4.69, 9.17) is 4.74 Å². The zero-order valence-corrected chi connectivity index (χ0v) is 12.9. The molecule has 1 aliphatic heterocycles. The van der Waals surface area contributed by atoms with Crippen LogP contribution in [0.2, 0.25) is 0 Å². The van der Waals surface area contributed by atoms with Gasteiger partial charge in [-0.15, -0.1) is 0 Å². The van der Waals surface area contributed by atoms with Gasteiger partial charge in [-0.2, -0.15) is 0 Å². The topological polar surface area (TPSA) is 29.5 Å². The Kier molecular flexibility index (Phi) is 4.29. The summed E-state index contributed by atoms with van der Waals surface area (Å²) < 4.78 is 5.55. The number of hydrogen-bond donors (Lipinski definition) is 0. The number of likely N-dealkylation sites (tertiary alicyclic amines) is 1. The number of Topliss-reactive ketones (excluding diaryl/α,β-unsaturated/α-hetero) is 1. The standard InChI is InChI=1S/C18H25NO2/c1-2-21-16-9-7-8-15(14-16)17(20)18(10-3-4-11-18)19-12-5-6-13-19/h7-9,14H,2-6,10-13H2,1H3. The molecule has 0 N–H and O–H groups in total. The Morgan fingerprint density at radius 2 is 1.90 bits per heavy atom. The van der Waals surface area contributed by atoms with Crippen LogP contribution in [0.4, 0.5) is 0 Å². The summed E-state index contributed by atoms with van der Waals surface area (Å²) >= 11 is 0. The summed E-state index contributed by atoms with van der Waals surface area (Å²) in [5, 5.41) is 0. The van der Waals surface area contributed by atoms with Crippen molar-refractivity contribution in [1.82, 2.24) is 4.90 Å². The number of hydrogen-bond acceptors (Lipinski definition) is 3. The predicted molar refractivity (Wildman–Crippen MR) is 83.9 cm³/mol. The Balaban J connectivity index is 1.89. The van der Waals surface area contributed by atoms with E-state index in [9.17, 15) is 4.79 Å². The lowest BCUT2D eigenvalue weighted by atomic mass is 9.86. The van der Waals surface area contributed by atoms with E-state index in [-0.39, 0.29) is 5.54 Å². The summed E-state index contributed by atoms with van der Waals surface area (Å²) in [6.45, 7) is 4.76. The van der Waals surface area contributed by atoms with Gasteiger partial charge in [0.2, 0.25) is 0 Å². The van der Waals surface area contributed by atoms with Crippen molar-refractivity contribution in [1.29, 1.82) is 0 Å². The third kappa shape index (κ3) is 2.71. The second kappa shape index (κ2) is 6.18. The summed E-state index contributed by atoms with van der Waals surface area (Å²) in [6.07, 6.45) is 6.85. The first kappa shape index (κ1) is 14.6. The van der Waals surface area contributed by atoms with E-state index in [0.29, 0.717) is 12.4 Å². The van der Waals surface area contributed by atoms with Crippen LogP contribution in [0.15, 0.2) is 24.3 Å². The van der Waals surface area contributed by atoms with Gasteiger partial charge in [-0.05, 0) is 57.8 Å². The zero-order chi connectivity index (χ0) is 14.7. The Bertz CT molecular complexity index is 500. The highest BCUT2D eigenvalue weighted by molar-refractivity contribution is 6.03. The smallest absolute Gasteiger partial charge is 0.183 e. The minimum Gasteiger partial charge on any atom is -0.494 e. The summed E-state index contributed by atoms with van der Waals surface area (Å²) in [5.74, 6) is 1.11. The van der Waals surface area contributed by atoms with Gasteiger partial charge in [0, 0.05) is 5.56 Å². The van der Waals surface area contributed by atoms with Crippen LogP contribution in [-0.2, 0) is 0 Å². The SMILES string of the molecule is CCOc1cccc(C(=O)C2(N3CCCC3)CCCC2)c1. The van der Waals surface area contributed by atoms with E-state index in [1.807, 2.05) is 31.2 Å². The van der Waals surface area contributed by atoms with Crippen molar-refractivity contribution >= 4 is 5.78 Å². The van der Waals surface area contributed by atoms with Crippen LogP contribution in [-0.4, -0.2) is 35.9 Å². The summed E-state index contributed by atoms with van der Waals surface area (Å²) in [6, 6.07) is 7.73. The molecule has 1 aromatic carbocycles. The lowest BCUT2D eigenvalue weighted by Crippen LogP contribution is -2.51. The van der Waals surface area contributed by atoms with E-state index >= 15 is 0 Å². The number of benzene rings is 1. The van der Waals surface area contributed by atoms with Gasteiger partial charge in [-0.25, -0.2) is 0 Å². The number of ether oxygens (including phenoxy) is 1. The second-order valence-corrected chi connectivity index (χ2v) is 6.22. The molecule has 0 radical (unpaired) electrons. The summed E-state index contributed by atoms with van der Waals surface area (Å²) in [5.41, 5.74) is 0.580. The van der Waals surface area contributed by atoms with E-state index in [2.05, 4.69) is 4.90 Å². The van der Waals surface area contributed by atoms with Gasteiger partial charge in [0.1, 0.15) is 5.75 Å². The highest BCUT2D eigenvalue weighted by Crippen LogP contribution is 2.40. The van der Waals surface area contributed by atoms with Gasteiger partial charge in [-0.1, -0.05) is 25.0 Å². The molecule has 21 heavy (non-hydrogen) atoms. The Hall–Kier alpha value is -1.35. The van der Waals surface area contributed by atoms with Crippen molar-refractivity contribution in [2.75, 3.05) is 19.7 Å². The molecule has 1 aromatic rings. The van der Waals surface area contributed by atoms with E-state index in [0.717, 1.165) is 37.2 Å². The molecule has 114 valence electrons. The van der Waals surface area contributed by atoms with E-state index in [1.165, 1.54) is 25.7 Å². The first-order valence-corrected chi connectivity index (χ1v) is 8.29. The number of ketones is 1. The Labute approximate surface area is 127 Å². The van der Waals surface area contributed by atoms with Crippen molar-refractivity contribution in [3.8, 4) is 5.75 Å². The van der Waals surface area contributed by atoms with Gasteiger partial charge in [0.15, 0.2) is 5.78 Å². The van der Waals surface area contributed by atoms with Gasteiger partial charge in [0.05, 0.1) is 12.1 Å². The maximum Gasteiger partial charge on any atom is 0.183 e. The van der Waals surface area contributed by atoms with Crippen LogP contribution in [0, 0.1) is 0 Å². The van der Waals surface area contributed by atoms with E-state index in [1.54, 1.807) is 0 Å². The summed E-state index contributed by atoms with van der Waals surface area (Å²) in [7, 11) is 0. The Morgan fingerprint density at radius 1 is 1.19 bits per heavy atom. The number of carbonyl (C=O) groups is 1. The maximum atomic E-state index is 13.2. The van der Waals surface area contributed by atoms with Crippen LogP contribution in [0.5, 0.6) is 5.75 Å². The molecular weight excluding hydrogens is 262 g/mol. The van der Waals surface area contributed by atoms with E-state index < -0.39 is 0 Å². The predicted octanol–water partition coefficient (Wildman–Crippen LogP) is 3.68. The third-order valence-corrected chi connectivity index (χ3v) is 4.97.